The Morgan fingerprint density at radius 2 is 2.04 bits per heavy atom. The molecule has 2 saturated heterocycles. The lowest BCUT2D eigenvalue weighted by Gasteiger charge is -2.22. The molecule has 2 amide bonds. The lowest BCUT2D eigenvalue weighted by atomic mass is 9.98. The molecule has 2 aliphatic heterocycles. The Balaban J connectivity index is 1.66. The van der Waals surface area contributed by atoms with Crippen molar-refractivity contribution in [1.82, 2.24) is 25.6 Å². The summed E-state index contributed by atoms with van der Waals surface area (Å²) in [5.74, 6) is 1.55. The van der Waals surface area contributed by atoms with Crippen LogP contribution in [-0.2, 0) is 16.1 Å². The highest BCUT2D eigenvalue weighted by molar-refractivity contribution is 5.83. The molecule has 0 aliphatic carbocycles. The molecular weight excluding hydrogens is 322 g/mol. The van der Waals surface area contributed by atoms with Gasteiger partial charge in [0.05, 0.1) is 12.5 Å². The zero-order chi connectivity index (χ0) is 17.8. The molecule has 0 saturated carbocycles. The van der Waals surface area contributed by atoms with Crippen molar-refractivity contribution >= 4 is 23.7 Å². The normalized spacial score (nSPS) is 20.3. The van der Waals surface area contributed by atoms with Gasteiger partial charge in [-0.3, -0.25) is 9.59 Å². The van der Waals surface area contributed by atoms with Gasteiger partial charge in [0, 0.05) is 40.2 Å². The molecule has 1 atom stereocenters. The molecule has 2 fully saturated rings. The van der Waals surface area contributed by atoms with Crippen LogP contribution in [0.25, 0.3) is 0 Å². The van der Waals surface area contributed by atoms with Gasteiger partial charge in [-0.1, -0.05) is 0 Å². The van der Waals surface area contributed by atoms with E-state index >= 15 is 0 Å². The summed E-state index contributed by atoms with van der Waals surface area (Å²) in [7, 11) is 3.77. The molecule has 9 heteroatoms. The fourth-order valence-electron chi connectivity index (χ4n) is 3.00. The van der Waals surface area contributed by atoms with Crippen LogP contribution in [0.3, 0.4) is 0 Å². The number of hydrogen-bond donors (Lipinski definition) is 2. The van der Waals surface area contributed by atoms with Crippen LogP contribution in [0.1, 0.15) is 31.5 Å². The van der Waals surface area contributed by atoms with Gasteiger partial charge in [-0.15, -0.1) is 0 Å². The van der Waals surface area contributed by atoms with Crippen molar-refractivity contribution in [3.63, 3.8) is 0 Å². The van der Waals surface area contributed by atoms with Gasteiger partial charge >= 0.3 is 0 Å². The molecule has 1 aromatic rings. The fraction of sp³-hybridized carbons (Fsp3) is 0.688. The van der Waals surface area contributed by atoms with E-state index in [0.29, 0.717) is 37.1 Å². The van der Waals surface area contributed by atoms with Crippen LogP contribution in [0.15, 0.2) is 0 Å². The average molecular weight is 347 g/mol. The topological polar surface area (TPSA) is 103 Å². The third-order valence-corrected chi connectivity index (χ3v) is 4.50. The van der Waals surface area contributed by atoms with Crippen LogP contribution in [0.4, 0.5) is 11.9 Å². The van der Waals surface area contributed by atoms with Crippen molar-refractivity contribution < 1.29 is 9.59 Å². The minimum Gasteiger partial charge on any atom is -0.355 e. The van der Waals surface area contributed by atoms with Crippen molar-refractivity contribution in [2.75, 3.05) is 43.5 Å². The van der Waals surface area contributed by atoms with Gasteiger partial charge in [-0.25, -0.2) is 0 Å². The largest absolute Gasteiger partial charge is 0.355 e. The molecule has 2 aliphatic rings. The lowest BCUT2D eigenvalue weighted by Crippen LogP contribution is -2.42. The molecule has 0 unspecified atom stereocenters. The second kappa shape index (κ2) is 7.62. The van der Waals surface area contributed by atoms with Crippen molar-refractivity contribution in [2.45, 2.75) is 32.2 Å². The highest BCUT2D eigenvalue weighted by Gasteiger charge is 2.24. The van der Waals surface area contributed by atoms with Crippen molar-refractivity contribution in [1.29, 1.82) is 0 Å². The van der Waals surface area contributed by atoms with E-state index in [-0.39, 0.29) is 24.3 Å². The number of aromatic nitrogens is 3. The van der Waals surface area contributed by atoms with E-state index in [1.807, 2.05) is 19.0 Å². The Morgan fingerprint density at radius 1 is 1.28 bits per heavy atom. The van der Waals surface area contributed by atoms with Crippen molar-refractivity contribution in [3.05, 3.63) is 5.82 Å². The lowest BCUT2D eigenvalue weighted by molar-refractivity contribution is -0.129. The van der Waals surface area contributed by atoms with E-state index in [4.69, 9.17) is 0 Å². The first-order valence-electron chi connectivity index (χ1n) is 8.74. The SMILES string of the molecule is CN(C)c1nc(CNC(=O)[C@@H]2CCC(=O)NC2)nc(N2CCCC2)n1. The maximum Gasteiger partial charge on any atom is 0.230 e. The monoisotopic (exact) mass is 347 g/mol. The van der Waals surface area contributed by atoms with E-state index in [1.165, 1.54) is 0 Å². The highest BCUT2D eigenvalue weighted by Crippen LogP contribution is 2.18. The number of amides is 2. The number of anilines is 2. The summed E-state index contributed by atoms with van der Waals surface area (Å²) in [6.07, 6.45) is 3.26. The van der Waals surface area contributed by atoms with Gasteiger partial charge in [0.1, 0.15) is 0 Å². The molecule has 25 heavy (non-hydrogen) atoms. The standard InChI is InChI=1S/C16H25N7O2/c1-22(2)15-19-12(20-16(21-15)23-7-3-4-8-23)10-18-14(25)11-5-6-13(24)17-9-11/h11H,3-10H2,1-2H3,(H,17,24)(H,18,25)/t11-/m1/s1. The van der Waals surface area contributed by atoms with Gasteiger partial charge in [0.2, 0.25) is 23.7 Å². The first kappa shape index (κ1) is 17.4. The highest BCUT2D eigenvalue weighted by atomic mass is 16.2. The predicted octanol–water partition coefficient (Wildman–Crippen LogP) is -0.320. The fourth-order valence-corrected chi connectivity index (χ4v) is 3.00. The van der Waals surface area contributed by atoms with Gasteiger partial charge in [-0.05, 0) is 19.3 Å². The summed E-state index contributed by atoms with van der Waals surface area (Å²) in [6.45, 7) is 2.55. The predicted molar refractivity (Wildman–Crippen MR) is 93.2 cm³/mol. The Bertz CT molecular complexity index is 633. The molecule has 3 rings (SSSR count). The molecule has 0 spiro atoms. The third kappa shape index (κ3) is 4.34. The van der Waals surface area contributed by atoms with Gasteiger partial charge in [-0.2, -0.15) is 15.0 Å². The molecule has 0 radical (unpaired) electrons. The molecule has 9 nitrogen and oxygen atoms in total. The van der Waals surface area contributed by atoms with E-state index in [9.17, 15) is 9.59 Å². The number of carbonyl (C=O) groups is 2. The van der Waals surface area contributed by atoms with Crippen LogP contribution in [0.5, 0.6) is 0 Å². The van der Waals surface area contributed by atoms with E-state index < -0.39 is 0 Å². The summed E-state index contributed by atoms with van der Waals surface area (Å²) in [4.78, 5) is 40.9. The van der Waals surface area contributed by atoms with E-state index in [1.54, 1.807) is 0 Å². The average Bonchev–Trinajstić information content (AvgIpc) is 3.14. The Kier molecular flexibility index (Phi) is 5.30. The third-order valence-electron chi connectivity index (χ3n) is 4.50. The minimum absolute atomic E-state index is 0.00685. The summed E-state index contributed by atoms with van der Waals surface area (Å²) in [5, 5.41) is 5.61. The number of nitrogens with zero attached hydrogens (tertiary/aromatic N) is 5. The summed E-state index contributed by atoms with van der Waals surface area (Å²) >= 11 is 0. The molecule has 3 heterocycles. The molecule has 136 valence electrons. The summed E-state index contributed by atoms with van der Waals surface area (Å²) in [6, 6.07) is 0. The van der Waals surface area contributed by atoms with Crippen LogP contribution < -0.4 is 20.4 Å². The molecular formula is C16H25N7O2. The number of piperidine rings is 1. The maximum atomic E-state index is 12.3. The second-order valence-corrected chi connectivity index (χ2v) is 6.70. The van der Waals surface area contributed by atoms with Crippen LogP contribution in [0, 0.1) is 5.92 Å². The van der Waals surface area contributed by atoms with Crippen LogP contribution in [0.2, 0.25) is 0 Å². The Labute approximate surface area is 147 Å². The molecule has 2 N–H and O–H groups in total. The first-order chi connectivity index (χ1) is 12.0. The van der Waals surface area contributed by atoms with E-state index in [2.05, 4.69) is 30.5 Å². The summed E-state index contributed by atoms with van der Waals surface area (Å²) in [5.41, 5.74) is 0. The smallest absolute Gasteiger partial charge is 0.230 e. The summed E-state index contributed by atoms with van der Waals surface area (Å²) < 4.78 is 0. The second-order valence-electron chi connectivity index (χ2n) is 6.70. The number of hydrogen-bond acceptors (Lipinski definition) is 7. The van der Waals surface area contributed by atoms with Crippen LogP contribution in [-0.4, -0.2) is 60.5 Å². The van der Waals surface area contributed by atoms with Gasteiger partial charge in [0.15, 0.2) is 5.82 Å². The minimum atomic E-state index is -0.189. The van der Waals surface area contributed by atoms with E-state index in [0.717, 1.165) is 25.9 Å². The molecule has 1 aromatic heterocycles. The van der Waals surface area contributed by atoms with Crippen molar-refractivity contribution in [2.24, 2.45) is 5.92 Å². The Morgan fingerprint density at radius 3 is 2.68 bits per heavy atom. The molecule has 0 bridgehead atoms. The molecule has 0 aromatic carbocycles. The van der Waals surface area contributed by atoms with Crippen molar-refractivity contribution in [3.8, 4) is 0 Å². The number of rotatable bonds is 5. The van der Waals surface area contributed by atoms with Gasteiger partial charge < -0.3 is 20.4 Å². The van der Waals surface area contributed by atoms with Crippen LogP contribution >= 0.6 is 0 Å². The Hall–Kier alpha value is -2.45. The zero-order valence-corrected chi connectivity index (χ0v) is 14.8. The quantitative estimate of drug-likeness (QED) is 0.752. The first-order valence-corrected chi connectivity index (χ1v) is 8.74. The maximum absolute atomic E-state index is 12.3. The number of carbonyl (C=O) groups excluding carboxylic acids is 2. The zero-order valence-electron chi connectivity index (χ0n) is 14.8. The number of nitrogens with one attached hydrogen (secondary N) is 2. The van der Waals surface area contributed by atoms with Gasteiger partial charge in [0.25, 0.3) is 0 Å².